The molecular weight excluding hydrogens is 176 g/mol. The Kier molecular flexibility index (Phi) is 3.45. The minimum atomic E-state index is 0.718. The van der Waals surface area contributed by atoms with Gasteiger partial charge in [-0.25, -0.2) is 0 Å². The van der Waals surface area contributed by atoms with Crippen LogP contribution in [0.2, 0.25) is 0 Å². The second-order valence-corrected chi connectivity index (χ2v) is 4.62. The summed E-state index contributed by atoms with van der Waals surface area (Å²) in [4.78, 5) is 2.23. The third-order valence-electron chi connectivity index (χ3n) is 1.74. The molecule has 0 amide bonds. The average Bonchev–Trinajstić information content (AvgIpc) is 2.03. The molecule has 0 aromatic carbocycles. The quantitative estimate of drug-likeness (QED) is 0.571. The number of nitrogens with zero attached hydrogens (tertiary/aromatic N) is 1. The summed E-state index contributed by atoms with van der Waals surface area (Å²) >= 11 is 7.15. The highest BCUT2D eigenvalue weighted by Crippen LogP contribution is 2.17. The van der Waals surface area contributed by atoms with Crippen LogP contribution in [-0.4, -0.2) is 41.2 Å². The summed E-state index contributed by atoms with van der Waals surface area (Å²) in [5, 5.41) is 4.61. The molecule has 1 aliphatic heterocycles. The largest absolute Gasteiger partial charge is 0.366 e. The maximum atomic E-state index is 5.13. The van der Waals surface area contributed by atoms with E-state index in [4.69, 9.17) is 12.2 Å². The van der Waals surface area contributed by atoms with Crippen LogP contribution in [0.1, 0.15) is 6.92 Å². The van der Waals surface area contributed by atoms with Crippen LogP contribution in [0.25, 0.3) is 0 Å². The van der Waals surface area contributed by atoms with Gasteiger partial charge in [0.1, 0.15) is 0 Å². The van der Waals surface area contributed by atoms with Gasteiger partial charge >= 0.3 is 0 Å². The van der Waals surface area contributed by atoms with Crippen LogP contribution in [0.15, 0.2) is 0 Å². The molecule has 2 nitrogen and oxygen atoms in total. The molecule has 0 radical (unpaired) electrons. The first-order valence-corrected chi connectivity index (χ1v) is 5.28. The minimum Gasteiger partial charge on any atom is -0.366 e. The highest BCUT2D eigenvalue weighted by molar-refractivity contribution is 8.00. The molecule has 1 unspecified atom stereocenters. The molecule has 64 valence electrons. The Morgan fingerprint density at radius 1 is 1.73 bits per heavy atom. The van der Waals surface area contributed by atoms with E-state index in [1.807, 2.05) is 18.8 Å². The van der Waals surface area contributed by atoms with Crippen molar-refractivity contribution in [3.05, 3.63) is 0 Å². The van der Waals surface area contributed by atoms with Crippen LogP contribution < -0.4 is 5.32 Å². The molecule has 1 atom stereocenters. The van der Waals surface area contributed by atoms with E-state index in [1.54, 1.807) is 0 Å². The maximum absolute atomic E-state index is 5.13. The van der Waals surface area contributed by atoms with Gasteiger partial charge in [-0.15, -0.1) is 0 Å². The van der Waals surface area contributed by atoms with E-state index in [1.165, 1.54) is 5.75 Å². The standard InChI is InChI=1S/C7H14N2S2/c1-6-5-9(3-4-11-6)7(10)8-2/h6H,3-5H2,1-2H3,(H,8,10). The Labute approximate surface area is 77.7 Å². The fourth-order valence-electron chi connectivity index (χ4n) is 1.16. The van der Waals surface area contributed by atoms with Gasteiger partial charge in [-0.05, 0) is 12.2 Å². The molecule has 0 aromatic heterocycles. The molecule has 1 saturated heterocycles. The minimum absolute atomic E-state index is 0.718. The third kappa shape index (κ3) is 2.52. The lowest BCUT2D eigenvalue weighted by atomic mass is 10.4. The topological polar surface area (TPSA) is 15.3 Å². The normalized spacial score (nSPS) is 24.9. The Hall–Kier alpha value is 0.0400. The van der Waals surface area contributed by atoms with Crippen molar-refractivity contribution < 1.29 is 0 Å². The van der Waals surface area contributed by atoms with Crippen LogP contribution >= 0.6 is 24.0 Å². The molecule has 11 heavy (non-hydrogen) atoms. The fraction of sp³-hybridized carbons (Fsp3) is 0.857. The number of thiocarbonyl (C=S) groups is 1. The molecule has 1 fully saturated rings. The second-order valence-electron chi connectivity index (χ2n) is 2.68. The lowest BCUT2D eigenvalue weighted by Crippen LogP contribution is -2.45. The van der Waals surface area contributed by atoms with Gasteiger partial charge in [0.2, 0.25) is 0 Å². The summed E-state index contributed by atoms with van der Waals surface area (Å²) in [6, 6.07) is 0. The van der Waals surface area contributed by atoms with Crippen molar-refractivity contribution in [1.82, 2.24) is 10.2 Å². The van der Waals surface area contributed by atoms with Crippen LogP contribution in [0.4, 0.5) is 0 Å². The third-order valence-corrected chi connectivity index (χ3v) is 3.34. The van der Waals surface area contributed by atoms with Crippen LogP contribution in [0, 0.1) is 0 Å². The lowest BCUT2D eigenvalue weighted by molar-refractivity contribution is 0.431. The molecular formula is C7H14N2S2. The summed E-state index contributed by atoms with van der Waals surface area (Å²) < 4.78 is 0. The highest BCUT2D eigenvalue weighted by atomic mass is 32.2. The fourth-order valence-corrected chi connectivity index (χ4v) is 2.34. The van der Waals surface area contributed by atoms with Crippen LogP contribution in [0.3, 0.4) is 0 Å². The van der Waals surface area contributed by atoms with E-state index in [0.717, 1.165) is 23.5 Å². The summed E-state index contributed by atoms with van der Waals surface area (Å²) in [5.74, 6) is 1.20. The predicted octanol–water partition coefficient (Wildman–Crippen LogP) is 0.928. The van der Waals surface area contributed by atoms with Crippen LogP contribution in [0.5, 0.6) is 0 Å². The van der Waals surface area contributed by atoms with Gasteiger partial charge in [0.15, 0.2) is 5.11 Å². The molecule has 4 heteroatoms. The molecule has 0 saturated carbocycles. The number of hydrogen-bond acceptors (Lipinski definition) is 2. The molecule has 0 bridgehead atoms. The second kappa shape index (κ2) is 4.16. The molecule has 1 rings (SSSR count). The molecule has 0 aromatic rings. The smallest absolute Gasteiger partial charge is 0.168 e. The van der Waals surface area contributed by atoms with Crippen molar-refractivity contribution in [2.45, 2.75) is 12.2 Å². The Bertz CT molecular complexity index is 149. The van der Waals surface area contributed by atoms with Gasteiger partial charge in [0.25, 0.3) is 0 Å². The number of thioether (sulfide) groups is 1. The number of rotatable bonds is 0. The van der Waals surface area contributed by atoms with E-state index in [9.17, 15) is 0 Å². The van der Waals surface area contributed by atoms with Crippen molar-refractivity contribution in [3.8, 4) is 0 Å². The lowest BCUT2D eigenvalue weighted by Gasteiger charge is -2.32. The first kappa shape index (κ1) is 9.13. The van der Waals surface area contributed by atoms with Gasteiger partial charge in [-0.1, -0.05) is 6.92 Å². The highest BCUT2D eigenvalue weighted by Gasteiger charge is 2.17. The Morgan fingerprint density at radius 3 is 3.00 bits per heavy atom. The predicted molar refractivity (Wildman–Crippen MR) is 55.2 cm³/mol. The zero-order chi connectivity index (χ0) is 8.27. The monoisotopic (exact) mass is 190 g/mol. The van der Waals surface area contributed by atoms with Gasteiger partial charge < -0.3 is 10.2 Å². The van der Waals surface area contributed by atoms with Crippen LogP contribution in [-0.2, 0) is 0 Å². The summed E-state index contributed by atoms with van der Waals surface area (Å²) in [6.45, 7) is 4.42. The van der Waals surface area contributed by atoms with Crippen molar-refractivity contribution in [1.29, 1.82) is 0 Å². The van der Waals surface area contributed by atoms with Gasteiger partial charge in [0, 0.05) is 31.1 Å². The van der Waals surface area contributed by atoms with Gasteiger partial charge in [0.05, 0.1) is 0 Å². The zero-order valence-electron chi connectivity index (χ0n) is 6.96. The van der Waals surface area contributed by atoms with Gasteiger partial charge in [-0.3, -0.25) is 0 Å². The van der Waals surface area contributed by atoms with Crippen molar-refractivity contribution >= 4 is 29.1 Å². The van der Waals surface area contributed by atoms with Crippen molar-refractivity contribution in [2.24, 2.45) is 0 Å². The maximum Gasteiger partial charge on any atom is 0.168 e. The molecule has 0 spiro atoms. The summed E-state index contributed by atoms with van der Waals surface area (Å²) in [5.41, 5.74) is 0. The first-order valence-electron chi connectivity index (χ1n) is 3.82. The number of hydrogen-bond donors (Lipinski definition) is 1. The van der Waals surface area contributed by atoms with E-state index < -0.39 is 0 Å². The molecule has 1 N–H and O–H groups in total. The molecule has 1 heterocycles. The first-order chi connectivity index (χ1) is 5.24. The Balaban J connectivity index is 2.39. The van der Waals surface area contributed by atoms with E-state index in [2.05, 4.69) is 17.1 Å². The van der Waals surface area contributed by atoms with Gasteiger partial charge in [-0.2, -0.15) is 11.8 Å². The summed E-state index contributed by atoms with van der Waals surface area (Å²) in [6.07, 6.45) is 0. The Morgan fingerprint density at radius 2 is 2.45 bits per heavy atom. The van der Waals surface area contributed by atoms with E-state index >= 15 is 0 Å². The van der Waals surface area contributed by atoms with Crippen molar-refractivity contribution in [3.63, 3.8) is 0 Å². The van der Waals surface area contributed by atoms with E-state index in [-0.39, 0.29) is 0 Å². The summed E-state index contributed by atoms with van der Waals surface area (Å²) in [7, 11) is 1.88. The molecule has 1 aliphatic rings. The SMILES string of the molecule is CNC(=S)N1CCSC(C)C1. The zero-order valence-corrected chi connectivity index (χ0v) is 8.60. The average molecular weight is 190 g/mol. The van der Waals surface area contributed by atoms with E-state index in [0.29, 0.717) is 0 Å². The van der Waals surface area contributed by atoms with Crippen molar-refractivity contribution in [2.75, 3.05) is 25.9 Å². The molecule has 0 aliphatic carbocycles. The number of nitrogens with one attached hydrogen (secondary N) is 1.